The van der Waals surface area contributed by atoms with Gasteiger partial charge in [0.25, 0.3) is 5.91 Å². The first-order valence-corrected chi connectivity index (χ1v) is 6.79. The lowest BCUT2D eigenvalue weighted by Crippen LogP contribution is -2.35. The summed E-state index contributed by atoms with van der Waals surface area (Å²) < 4.78 is 0. The Bertz CT molecular complexity index is 411. The zero-order valence-corrected chi connectivity index (χ0v) is 11.1. The monoisotopic (exact) mass is 246 g/mol. The second kappa shape index (κ2) is 6.01. The van der Waals surface area contributed by atoms with Gasteiger partial charge in [-0.1, -0.05) is 31.0 Å². The van der Waals surface area contributed by atoms with Crippen LogP contribution in [-0.2, 0) is 6.42 Å². The van der Waals surface area contributed by atoms with Gasteiger partial charge in [0.05, 0.1) is 0 Å². The van der Waals surface area contributed by atoms with Crippen molar-refractivity contribution in [2.24, 2.45) is 5.73 Å². The van der Waals surface area contributed by atoms with Gasteiger partial charge in [0.1, 0.15) is 0 Å². The standard InChI is InChI=1S/C15H22N2O/c1-17(13-7-3-4-8-13)15(18)14-9-5-2-6-12(14)10-11-16/h2,5-6,9,13H,3-4,7-8,10-11,16H2,1H3. The van der Waals surface area contributed by atoms with Gasteiger partial charge in [-0.3, -0.25) is 4.79 Å². The molecule has 0 saturated heterocycles. The van der Waals surface area contributed by atoms with E-state index in [9.17, 15) is 4.79 Å². The Hall–Kier alpha value is -1.35. The first kappa shape index (κ1) is 13.1. The molecule has 0 heterocycles. The van der Waals surface area contributed by atoms with Crippen molar-refractivity contribution in [3.63, 3.8) is 0 Å². The third-order valence-corrected chi connectivity index (χ3v) is 3.85. The predicted molar refractivity (Wildman–Crippen MR) is 73.5 cm³/mol. The van der Waals surface area contributed by atoms with Crippen molar-refractivity contribution in [2.75, 3.05) is 13.6 Å². The van der Waals surface area contributed by atoms with Crippen LogP contribution >= 0.6 is 0 Å². The van der Waals surface area contributed by atoms with Crippen molar-refractivity contribution in [3.8, 4) is 0 Å². The van der Waals surface area contributed by atoms with Gasteiger partial charge in [0.15, 0.2) is 0 Å². The van der Waals surface area contributed by atoms with E-state index in [1.807, 2.05) is 36.2 Å². The molecule has 0 spiro atoms. The van der Waals surface area contributed by atoms with Crippen LogP contribution in [0.5, 0.6) is 0 Å². The van der Waals surface area contributed by atoms with E-state index in [-0.39, 0.29) is 5.91 Å². The van der Waals surface area contributed by atoms with Crippen molar-refractivity contribution < 1.29 is 4.79 Å². The number of benzene rings is 1. The highest BCUT2D eigenvalue weighted by atomic mass is 16.2. The van der Waals surface area contributed by atoms with Crippen LogP contribution in [0.25, 0.3) is 0 Å². The molecule has 1 amide bonds. The van der Waals surface area contributed by atoms with Gasteiger partial charge >= 0.3 is 0 Å². The summed E-state index contributed by atoms with van der Waals surface area (Å²) in [6.45, 7) is 0.581. The fraction of sp³-hybridized carbons (Fsp3) is 0.533. The number of carbonyl (C=O) groups excluding carboxylic acids is 1. The second-order valence-corrected chi connectivity index (χ2v) is 5.05. The normalized spacial score (nSPS) is 15.9. The summed E-state index contributed by atoms with van der Waals surface area (Å²) in [6.07, 6.45) is 5.53. The van der Waals surface area contributed by atoms with Crippen LogP contribution in [0.3, 0.4) is 0 Å². The first-order valence-electron chi connectivity index (χ1n) is 6.79. The molecule has 3 heteroatoms. The maximum absolute atomic E-state index is 12.5. The topological polar surface area (TPSA) is 46.3 Å². The third-order valence-electron chi connectivity index (χ3n) is 3.85. The molecule has 1 aliphatic rings. The van der Waals surface area contributed by atoms with Gasteiger partial charge in [0, 0.05) is 18.7 Å². The molecule has 2 N–H and O–H groups in total. The van der Waals surface area contributed by atoms with Crippen molar-refractivity contribution in [1.29, 1.82) is 0 Å². The van der Waals surface area contributed by atoms with Gasteiger partial charge in [-0.25, -0.2) is 0 Å². The van der Waals surface area contributed by atoms with E-state index < -0.39 is 0 Å². The Morgan fingerprint density at radius 3 is 2.67 bits per heavy atom. The summed E-state index contributed by atoms with van der Waals surface area (Å²) in [5.41, 5.74) is 7.48. The molecule has 0 bridgehead atoms. The lowest BCUT2D eigenvalue weighted by Gasteiger charge is -2.25. The van der Waals surface area contributed by atoms with Crippen molar-refractivity contribution >= 4 is 5.91 Å². The molecular formula is C15H22N2O. The zero-order chi connectivity index (χ0) is 13.0. The quantitative estimate of drug-likeness (QED) is 0.885. The van der Waals surface area contributed by atoms with E-state index in [0.29, 0.717) is 12.6 Å². The molecule has 0 atom stereocenters. The second-order valence-electron chi connectivity index (χ2n) is 5.05. The van der Waals surface area contributed by atoms with E-state index in [0.717, 1.165) is 30.4 Å². The fourth-order valence-electron chi connectivity index (χ4n) is 2.75. The van der Waals surface area contributed by atoms with E-state index in [4.69, 9.17) is 5.73 Å². The van der Waals surface area contributed by atoms with Gasteiger partial charge < -0.3 is 10.6 Å². The fourth-order valence-corrected chi connectivity index (χ4v) is 2.75. The average molecular weight is 246 g/mol. The van der Waals surface area contributed by atoms with E-state index in [2.05, 4.69) is 0 Å². The van der Waals surface area contributed by atoms with Crippen LogP contribution < -0.4 is 5.73 Å². The zero-order valence-electron chi connectivity index (χ0n) is 11.1. The minimum absolute atomic E-state index is 0.144. The molecule has 18 heavy (non-hydrogen) atoms. The largest absolute Gasteiger partial charge is 0.339 e. The van der Waals surface area contributed by atoms with Gasteiger partial charge in [-0.15, -0.1) is 0 Å². The molecule has 1 fully saturated rings. The van der Waals surface area contributed by atoms with Crippen LogP contribution in [-0.4, -0.2) is 30.4 Å². The molecule has 1 aromatic rings. The smallest absolute Gasteiger partial charge is 0.254 e. The number of hydrogen-bond acceptors (Lipinski definition) is 2. The molecule has 98 valence electrons. The Labute approximate surface area is 109 Å². The molecule has 0 aromatic heterocycles. The lowest BCUT2D eigenvalue weighted by molar-refractivity contribution is 0.0734. The molecule has 0 radical (unpaired) electrons. The Morgan fingerprint density at radius 2 is 2.00 bits per heavy atom. The average Bonchev–Trinajstić information content (AvgIpc) is 2.92. The lowest BCUT2D eigenvalue weighted by atomic mass is 10.0. The molecule has 2 rings (SSSR count). The SMILES string of the molecule is CN(C(=O)c1ccccc1CCN)C1CCCC1. The summed E-state index contributed by atoms with van der Waals surface area (Å²) in [5, 5.41) is 0. The number of nitrogens with zero attached hydrogens (tertiary/aromatic N) is 1. The van der Waals surface area contributed by atoms with Crippen molar-refractivity contribution in [1.82, 2.24) is 4.90 Å². The molecule has 1 aromatic carbocycles. The van der Waals surface area contributed by atoms with Crippen molar-refractivity contribution in [3.05, 3.63) is 35.4 Å². The maximum Gasteiger partial charge on any atom is 0.254 e. The predicted octanol–water partition coefficient (Wildman–Crippen LogP) is 2.20. The summed E-state index contributed by atoms with van der Waals surface area (Å²) >= 11 is 0. The molecule has 0 aliphatic heterocycles. The Morgan fingerprint density at radius 1 is 1.33 bits per heavy atom. The highest BCUT2D eigenvalue weighted by molar-refractivity contribution is 5.95. The van der Waals surface area contributed by atoms with E-state index >= 15 is 0 Å². The summed E-state index contributed by atoms with van der Waals surface area (Å²) in [4.78, 5) is 14.4. The highest BCUT2D eigenvalue weighted by Gasteiger charge is 2.25. The Balaban J connectivity index is 2.16. The van der Waals surface area contributed by atoms with Gasteiger partial charge in [-0.05, 0) is 37.4 Å². The number of amides is 1. The van der Waals surface area contributed by atoms with Crippen molar-refractivity contribution in [2.45, 2.75) is 38.1 Å². The number of nitrogens with two attached hydrogens (primary N) is 1. The molecule has 1 saturated carbocycles. The molecule has 3 nitrogen and oxygen atoms in total. The van der Waals surface area contributed by atoms with Crippen LogP contribution in [0.1, 0.15) is 41.6 Å². The van der Waals surface area contributed by atoms with E-state index in [1.165, 1.54) is 12.8 Å². The molecule has 1 aliphatic carbocycles. The van der Waals surface area contributed by atoms with Crippen LogP contribution in [0.4, 0.5) is 0 Å². The Kier molecular flexibility index (Phi) is 4.37. The summed E-state index contributed by atoms with van der Waals surface area (Å²) in [5.74, 6) is 0.144. The molecular weight excluding hydrogens is 224 g/mol. The number of rotatable bonds is 4. The minimum atomic E-state index is 0.144. The highest BCUT2D eigenvalue weighted by Crippen LogP contribution is 2.24. The van der Waals surface area contributed by atoms with Gasteiger partial charge in [-0.2, -0.15) is 0 Å². The summed E-state index contributed by atoms with van der Waals surface area (Å²) in [7, 11) is 1.93. The van der Waals surface area contributed by atoms with Crippen LogP contribution in [0.2, 0.25) is 0 Å². The van der Waals surface area contributed by atoms with Crippen LogP contribution in [0.15, 0.2) is 24.3 Å². The first-order chi connectivity index (χ1) is 8.74. The maximum atomic E-state index is 12.5. The number of hydrogen-bond donors (Lipinski definition) is 1. The van der Waals surface area contributed by atoms with Gasteiger partial charge in [0.2, 0.25) is 0 Å². The van der Waals surface area contributed by atoms with E-state index in [1.54, 1.807) is 0 Å². The number of carbonyl (C=O) groups is 1. The minimum Gasteiger partial charge on any atom is -0.339 e. The molecule has 0 unspecified atom stereocenters. The van der Waals surface area contributed by atoms with Crippen LogP contribution in [0, 0.1) is 0 Å². The third kappa shape index (κ3) is 2.72. The summed E-state index contributed by atoms with van der Waals surface area (Å²) in [6, 6.07) is 8.23.